The maximum atomic E-state index is 13.1. The number of fused-ring (bicyclic) bond motifs is 2. The molecule has 38 heavy (non-hydrogen) atoms. The van der Waals surface area contributed by atoms with Gasteiger partial charge in [0.05, 0.1) is 30.8 Å². The van der Waals surface area contributed by atoms with Crippen molar-refractivity contribution < 1.29 is 64.6 Å². The van der Waals surface area contributed by atoms with Gasteiger partial charge in [-0.25, -0.2) is 0 Å². The van der Waals surface area contributed by atoms with Gasteiger partial charge >= 0.3 is 0 Å². The molecule has 0 bridgehead atoms. The summed E-state index contributed by atoms with van der Waals surface area (Å²) < 4.78 is 21.7. The van der Waals surface area contributed by atoms with Crippen LogP contribution in [0.2, 0.25) is 0 Å². The Balaban J connectivity index is 1.49. The Kier molecular flexibility index (Phi) is 6.71. The molecule has 3 aromatic rings. The predicted molar refractivity (Wildman–Crippen MR) is 124 cm³/mol. The number of ether oxygens (including phenoxy) is 3. The molecule has 2 saturated heterocycles. The zero-order valence-electron chi connectivity index (χ0n) is 19.5. The molecule has 2 fully saturated rings. The number of phenols is 3. The van der Waals surface area contributed by atoms with Crippen molar-refractivity contribution in [3.8, 4) is 17.2 Å². The van der Waals surface area contributed by atoms with Crippen molar-refractivity contribution in [1.82, 2.24) is 0 Å². The van der Waals surface area contributed by atoms with E-state index in [1.54, 1.807) is 0 Å². The third-order valence-corrected chi connectivity index (χ3v) is 6.94. The topological polar surface area (TPSA) is 240 Å². The molecule has 0 aliphatic carbocycles. The van der Waals surface area contributed by atoms with Gasteiger partial charge in [0.1, 0.15) is 76.0 Å². The predicted octanol–water partition coefficient (Wildman–Crippen LogP) is -1.96. The summed E-state index contributed by atoms with van der Waals surface area (Å²) in [6, 6.07) is 4.75. The van der Waals surface area contributed by atoms with Crippen molar-refractivity contribution in [3.05, 3.63) is 40.1 Å². The Bertz CT molecular complexity index is 1420. The van der Waals surface area contributed by atoms with E-state index in [0.717, 1.165) is 12.1 Å². The van der Waals surface area contributed by atoms with Gasteiger partial charge in [-0.2, -0.15) is 0 Å². The van der Waals surface area contributed by atoms with Gasteiger partial charge in [-0.15, -0.1) is 0 Å². The molecule has 0 spiro atoms. The summed E-state index contributed by atoms with van der Waals surface area (Å²) in [6.07, 6.45) is -11.7. The third-order valence-electron chi connectivity index (χ3n) is 6.94. The maximum absolute atomic E-state index is 13.1. The SMILES string of the molecule is O=c1c2cc(O)ccc2oc2cc(O)c(C3OC(COC4OCC(O)(CO)C4O)C(O)C(O)C3O)c(O)c12. The van der Waals surface area contributed by atoms with Crippen LogP contribution in [0.25, 0.3) is 21.9 Å². The monoisotopic (exact) mass is 538 g/mol. The van der Waals surface area contributed by atoms with Gasteiger partial charge in [-0.05, 0) is 18.2 Å². The Morgan fingerprint density at radius 3 is 2.42 bits per heavy atom. The molecule has 9 N–H and O–H groups in total. The van der Waals surface area contributed by atoms with E-state index < -0.39 is 96.2 Å². The maximum Gasteiger partial charge on any atom is 0.204 e. The molecule has 14 heteroatoms. The number of rotatable bonds is 5. The quantitative estimate of drug-likeness (QED) is 0.160. The van der Waals surface area contributed by atoms with Gasteiger partial charge in [0.25, 0.3) is 0 Å². The lowest BCUT2D eigenvalue weighted by Crippen LogP contribution is -2.56. The zero-order valence-corrected chi connectivity index (χ0v) is 19.5. The van der Waals surface area contributed by atoms with Crippen LogP contribution in [0.3, 0.4) is 0 Å². The van der Waals surface area contributed by atoms with E-state index in [-0.39, 0.29) is 22.3 Å². The molecule has 2 aromatic carbocycles. The van der Waals surface area contributed by atoms with Gasteiger partial charge in [0.2, 0.25) is 5.43 Å². The molecule has 1 aromatic heterocycles. The van der Waals surface area contributed by atoms with Crippen molar-refractivity contribution in [3.63, 3.8) is 0 Å². The lowest BCUT2D eigenvalue weighted by atomic mass is 9.89. The average Bonchev–Trinajstić information content (AvgIpc) is 3.17. The molecule has 3 heterocycles. The smallest absolute Gasteiger partial charge is 0.204 e. The highest BCUT2D eigenvalue weighted by Crippen LogP contribution is 2.45. The number of aromatic hydroxyl groups is 3. The van der Waals surface area contributed by atoms with Crippen LogP contribution >= 0.6 is 0 Å². The molecule has 8 unspecified atom stereocenters. The first-order valence-corrected chi connectivity index (χ1v) is 11.6. The Morgan fingerprint density at radius 1 is 1.00 bits per heavy atom. The number of aliphatic hydroxyl groups is 6. The summed E-state index contributed by atoms with van der Waals surface area (Å²) in [7, 11) is 0. The minimum atomic E-state index is -1.97. The van der Waals surface area contributed by atoms with Crippen LogP contribution in [-0.2, 0) is 14.2 Å². The molecule has 8 atom stereocenters. The first-order chi connectivity index (χ1) is 18.0. The van der Waals surface area contributed by atoms with Crippen LogP contribution in [-0.4, -0.2) is 108 Å². The molecule has 0 saturated carbocycles. The van der Waals surface area contributed by atoms with Gasteiger partial charge in [-0.1, -0.05) is 0 Å². The number of phenolic OH excluding ortho intramolecular Hbond substituents is 3. The van der Waals surface area contributed by atoms with Crippen LogP contribution < -0.4 is 5.43 Å². The number of hydrogen-bond acceptors (Lipinski definition) is 14. The van der Waals surface area contributed by atoms with E-state index in [1.165, 1.54) is 12.1 Å². The highest BCUT2D eigenvalue weighted by molar-refractivity contribution is 5.95. The minimum absolute atomic E-state index is 0.0703. The van der Waals surface area contributed by atoms with Crippen LogP contribution in [0, 0.1) is 0 Å². The minimum Gasteiger partial charge on any atom is -0.508 e. The van der Waals surface area contributed by atoms with Crippen LogP contribution in [0.4, 0.5) is 0 Å². The van der Waals surface area contributed by atoms with Crippen LogP contribution in [0.5, 0.6) is 17.2 Å². The van der Waals surface area contributed by atoms with E-state index in [9.17, 15) is 50.8 Å². The molecule has 0 radical (unpaired) electrons. The standard InChI is InChI=1S/C24H26O14/c25-6-24(34)7-36-23(22(24)33)35-5-13-17(29)19(31)20(32)21(38-13)14-10(27)4-12-15(18(14)30)16(28)9-3-8(26)1-2-11(9)37-12/h1-4,13,17,19-23,25-27,29-34H,5-7H2. The molecule has 0 amide bonds. The third kappa shape index (κ3) is 4.16. The van der Waals surface area contributed by atoms with Crippen molar-refractivity contribution in [2.45, 2.75) is 48.5 Å². The van der Waals surface area contributed by atoms with Crippen molar-refractivity contribution in [1.29, 1.82) is 0 Å². The molecule has 2 aliphatic rings. The molecule has 14 nitrogen and oxygen atoms in total. The fourth-order valence-corrected chi connectivity index (χ4v) is 4.72. The van der Waals surface area contributed by atoms with E-state index in [1.807, 2.05) is 0 Å². The molecule has 2 aliphatic heterocycles. The lowest BCUT2D eigenvalue weighted by Gasteiger charge is -2.41. The molecular formula is C24H26O14. The van der Waals surface area contributed by atoms with Crippen LogP contribution in [0.1, 0.15) is 11.7 Å². The number of aliphatic hydroxyl groups excluding tert-OH is 5. The zero-order chi connectivity index (χ0) is 27.5. The highest BCUT2D eigenvalue weighted by Gasteiger charge is 2.50. The fraction of sp³-hybridized carbons (Fsp3) is 0.458. The average molecular weight is 538 g/mol. The largest absolute Gasteiger partial charge is 0.508 e. The van der Waals surface area contributed by atoms with Gasteiger partial charge < -0.3 is 64.6 Å². The first kappa shape index (κ1) is 26.6. The van der Waals surface area contributed by atoms with Crippen molar-refractivity contribution >= 4 is 21.9 Å². The van der Waals surface area contributed by atoms with E-state index in [4.69, 9.17) is 18.6 Å². The first-order valence-electron chi connectivity index (χ1n) is 11.6. The van der Waals surface area contributed by atoms with Crippen molar-refractivity contribution in [2.24, 2.45) is 0 Å². The Labute approximate surface area is 212 Å². The van der Waals surface area contributed by atoms with E-state index >= 15 is 0 Å². The summed E-state index contributed by atoms with van der Waals surface area (Å²) in [5.41, 5.74) is -3.35. The second-order valence-corrected chi connectivity index (χ2v) is 9.43. The molecular weight excluding hydrogens is 512 g/mol. The number of benzene rings is 2. The van der Waals surface area contributed by atoms with Crippen molar-refractivity contribution in [2.75, 3.05) is 19.8 Å². The Morgan fingerprint density at radius 2 is 1.74 bits per heavy atom. The normalized spacial score (nSPS) is 33.8. The Hall–Kier alpha value is -3.05. The second kappa shape index (κ2) is 9.60. The van der Waals surface area contributed by atoms with Crippen LogP contribution in [0.15, 0.2) is 33.5 Å². The van der Waals surface area contributed by atoms with Gasteiger partial charge in [0.15, 0.2) is 6.29 Å². The van der Waals surface area contributed by atoms with Gasteiger partial charge in [-0.3, -0.25) is 4.79 Å². The summed E-state index contributed by atoms with van der Waals surface area (Å²) >= 11 is 0. The second-order valence-electron chi connectivity index (χ2n) is 9.43. The fourth-order valence-electron chi connectivity index (χ4n) is 4.72. The van der Waals surface area contributed by atoms with Gasteiger partial charge in [0, 0.05) is 6.07 Å². The summed E-state index contributed by atoms with van der Waals surface area (Å²) in [5.74, 6) is -1.72. The number of hydrogen-bond donors (Lipinski definition) is 9. The molecule has 206 valence electrons. The van der Waals surface area contributed by atoms with E-state index in [0.29, 0.717) is 0 Å². The summed E-state index contributed by atoms with van der Waals surface area (Å²) in [5, 5.41) is 92.0. The summed E-state index contributed by atoms with van der Waals surface area (Å²) in [4.78, 5) is 13.1. The lowest BCUT2D eigenvalue weighted by molar-refractivity contribution is -0.253. The summed E-state index contributed by atoms with van der Waals surface area (Å²) in [6.45, 7) is -1.82. The highest BCUT2D eigenvalue weighted by atomic mass is 16.7. The molecule has 5 rings (SSSR count). The van der Waals surface area contributed by atoms with E-state index in [2.05, 4.69) is 0 Å².